The lowest BCUT2D eigenvalue weighted by atomic mass is 9.92. The van der Waals surface area contributed by atoms with Crippen LogP contribution in [-0.4, -0.2) is 60.1 Å². The van der Waals surface area contributed by atoms with Gasteiger partial charge in [0.25, 0.3) is 0 Å². The van der Waals surface area contributed by atoms with E-state index in [1.54, 1.807) is 7.11 Å². The van der Waals surface area contributed by atoms with Gasteiger partial charge in [0.2, 0.25) is 0 Å². The summed E-state index contributed by atoms with van der Waals surface area (Å²) in [6.45, 7) is 11.6. The van der Waals surface area contributed by atoms with Gasteiger partial charge < -0.3 is 10.1 Å². The number of nitrogens with zero attached hydrogens (tertiary/aromatic N) is 3. The predicted molar refractivity (Wildman–Crippen MR) is 140 cm³/mol. The van der Waals surface area contributed by atoms with E-state index in [1.165, 1.54) is 5.56 Å². The Morgan fingerprint density at radius 3 is 2.54 bits per heavy atom. The summed E-state index contributed by atoms with van der Waals surface area (Å²) in [4.78, 5) is 15.6. The number of urea groups is 1. The lowest BCUT2D eigenvalue weighted by Gasteiger charge is -2.21. The van der Waals surface area contributed by atoms with Crippen molar-refractivity contribution in [2.75, 3.05) is 38.7 Å². The molecule has 35 heavy (non-hydrogen) atoms. The van der Waals surface area contributed by atoms with Crippen molar-refractivity contribution in [3.8, 4) is 5.69 Å². The summed E-state index contributed by atoms with van der Waals surface area (Å²) >= 11 is 0. The number of anilines is 1. The van der Waals surface area contributed by atoms with Crippen LogP contribution in [0.5, 0.6) is 0 Å². The fraction of sp³-hybridized carbons (Fsp3) is 0.429. The zero-order valence-corrected chi connectivity index (χ0v) is 21.4. The largest absolute Gasteiger partial charge is 0.383 e. The zero-order chi connectivity index (χ0) is 25.0. The highest BCUT2D eigenvalue weighted by atomic mass is 16.5. The van der Waals surface area contributed by atoms with Gasteiger partial charge in [-0.15, -0.1) is 0 Å². The number of ether oxygens (including phenoxy) is 1. The highest BCUT2D eigenvalue weighted by Gasteiger charge is 2.34. The molecule has 1 aliphatic rings. The molecular weight excluding hydrogens is 438 g/mol. The summed E-state index contributed by atoms with van der Waals surface area (Å²) in [6, 6.07) is 20.3. The van der Waals surface area contributed by atoms with Crippen molar-refractivity contribution in [3.63, 3.8) is 0 Å². The fourth-order valence-corrected chi connectivity index (χ4v) is 4.59. The van der Waals surface area contributed by atoms with Crippen molar-refractivity contribution in [2.45, 2.75) is 45.1 Å². The van der Waals surface area contributed by atoms with Crippen LogP contribution < -0.4 is 10.6 Å². The third-order valence-electron chi connectivity index (χ3n) is 6.52. The minimum absolute atomic E-state index is 0.00770. The van der Waals surface area contributed by atoms with Crippen molar-refractivity contribution in [3.05, 3.63) is 77.5 Å². The van der Waals surface area contributed by atoms with Gasteiger partial charge in [0.15, 0.2) is 0 Å². The van der Waals surface area contributed by atoms with Gasteiger partial charge in [-0.05, 0) is 30.2 Å². The molecular formula is C28H37N5O2. The van der Waals surface area contributed by atoms with E-state index < -0.39 is 0 Å². The normalized spacial score (nSPS) is 18.5. The minimum atomic E-state index is -0.223. The molecule has 2 N–H and O–H groups in total. The van der Waals surface area contributed by atoms with E-state index in [4.69, 9.17) is 9.84 Å². The van der Waals surface area contributed by atoms with Crippen LogP contribution in [0, 0.1) is 6.92 Å². The van der Waals surface area contributed by atoms with Crippen LogP contribution in [0.2, 0.25) is 0 Å². The van der Waals surface area contributed by atoms with Gasteiger partial charge in [0.05, 0.1) is 24.0 Å². The van der Waals surface area contributed by atoms with Gasteiger partial charge >= 0.3 is 6.03 Å². The van der Waals surface area contributed by atoms with Crippen LogP contribution in [-0.2, 0) is 10.2 Å². The number of aryl methyl sites for hydroxylation is 1. The Balaban J connectivity index is 1.55. The second kappa shape index (κ2) is 10.6. The molecule has 1 aliphatic heterocycles. The molecule has 0 aliphatic carbocycles. The van der Waals surface area contributed by atoms with E-state index in [-0.39, 0.29) is 23.4 Å². The molecule has 2 heterocycles. The summed E-state index contributed by atoms with van der Waals surface area (Å²) < 4.78 is 7.10. The molecule has 2 amide bonds. The first-order valence-electron chi connectivity index (χ1n) is 12.3. The molecule has 0 radical (unpaired) electrons. The van der Waals surface area contributed by atoms with E-state index in [1.807, 2.05) is 28.9 Å². The Morgan fingerprint density at radius 1 is 1.09 bits per heavy atom. The van der Waals surface area contributed by atoms with Crippen molar-refractivity contribution in [1.82, 2.24) is 20.0 Å². The van der Waals surface area contributed by atoms with Crippen molar-refractivity contribution in [1.29, 1.82) is 0 Å². The average molecular weight is 476 g/mol. The lowest BCUT2D eigenvalue weighted by Crippen LogP contribution is -2.42. The third kappa shape index (κ3) is 6.10. The SMILES string of the molecule is COCCN1C[C@@H](NC(=O)Nc2cc(C(C)(C)C)nn2-c2cccc(C)c2)[C@H](c2ccccc2)C1. The number of carbonyl (C=O) groups is 1. The molecule has 2 atom stereocenters. The quantitative estimate of drug-likeness (QED) is 0.519. The van der Waals surface area contributed by atoms with Crippen molar-refractivity contribution < 1.29 is 9.53 Å². The minimum Gasteiger partial charge on any atom is -0.383 e. The maximum Gasteiger partial charge on any atom is 0.320 e. The molecule has 4 rings (SSSR count). The average Bonchev–Trinajstić information content (AvgIpc) is 3.42. The second-order valence-electron chi connectivity index (χ2n) is 10.4. The van der Waals surface area contributed by atoms with Crippen LogP contribution in [0.15, 0.2) is 60.7 Å². The Hall–Kier alpha value is -3.16. The lowest BCUT2D eigenvalue weighted by molar-refractivity contribution is 0.159. The molecule has 7 nitrogen and oxygen atoms in total. The van der Waals surface area contributed by atoms with Crippen molar-refractivity contribution in [2.24, 2.45) is 0 Å². The van der Waals surface area contributed by atoms with E-state index in [9.17, 15) is 4.79 Å². The second-order valence-corrected chi connectivity index (χ2v) is 10.4. The Labute approximate surface area is 208 Å². The Morgan fingerprint density at radius 2 is 1.86 bits per heavy atom. The zero-order valence-electron chi connectivity index (χ0n) is 21.4. The number of hydrogen-bond acceptors (Lipinski definition) is 4. The number of rotatable bonds is 7. The standard InChI is InChI=1S/C28H37N5O2/c1-20-10-9-13-22(16-20)33-26(17-25(31-33)28(2,3)4)30-27(34)29-24-19-32(14-15-35-5)18-23(24)21-11-7-6-8-12-21/h6-13,16-17,23-24H,14-15,18-19H2,1-5H3,(H2,29,30,34)/t23-,24+/m0/s1. The first-order valence-corrected chi connectivity index (χ1v) is 12.3. The first kappa shape index (κ1) is 24.9. The summed E-state index contributed by atoms with van der Waals surface area (Å²) in [7, 11) is 1.72. The van der Waals surface area contributed by atoms with Gasteiger partial charge in [-0.25, -0.2) is 9.48 Å². The van der Waals surface area contributed by atoms with Crippen molar-refractivity contribution >= 4 is 11.8 Å². The number of methoxy groups -OCH3 is 1. The van der Waals surface area contributed by atoms with E-state index >= 15 is 0 Å². The highest BCUT2D eigenvalue weighted by molar-refractivity contribution is 5.89. The third-order valence-corrected chi connectivity index (χ3v) is 6.52. The number of aromatic nitrogens is 2. The molecule has 1 fully saturated rings. The number of nitrogens with one attached hydrogen (secondary N) is 2. The number of likely N-dealkylation sites (tertiary alicyclic amines) is 1. The summed E-state index contributed by atoms with van der Waals surface area (Å²) in [6.07, 6.45) is 0. The topological polar surface area (TPSA) is 71.4 Å². The van der Waals surface area contributed by atoms with Crippen LogP contribution in [0.4, 0.5) is 10.6 Å². The van der Waals surface area contributed by atoms with Crippen LogP contribution in [0.3, 0.4) is 0 Å². The maximum atomic E-state index is 13.3. The molecule has 0 saturated carbocycles. The van der Waals surface area contributed by atoms with Gasteiger partial charge in [-0.1, -0.05) is 63.2 Å². The first-order chi connectivity index (χ1) is 16.7. The van der Waals surface area contributed by atoms with E-state index in [0.717, 1.165) is 36.6 Å². The van der Waals surface area contributed by atoms with Gasteiger partial charge in [0.1, 0.15) is 5.82 Å². The van der Waals surface area contributed by atoms with E-state index in [0.29, 0.717) is 12.4 Å². The molecule has 7 heteroatoms. The molecule has 3 aromatic rings. The molecule has 186 valence electrons. The number of amides is 2. The molecule has 0 unspecified atom stereocenters. The monoisotopic (exact) mass is 475 g/mol. The number of benzene rings is 2. The maximum absolute atomic E-state index is 13.3. The number of hydrogen-bond donors (Lipinski definition) is 2. The van der Waals surface area contributed by atoms with Crippen LogP contribution in [0.25, 0.3) is 5.69 Å². The molecule has 1 saturated heterocycles. The van der Waals surface area contributed by atoms with Crippen LogP contribution >= 0.6 is 0 Å². The summed E-state index contributed by atoms with van der Waals surface area (Å²) in [5.41, 5.74) is 4.07. The highest BCUT2D eigenvalue weighted by Crippen LogP contribution is 2.29. The number of carbonyl (C=O) groups excluding carboxylic acids is 1. The predicted octanol–water partition coefficient (Wildman–Crippen LogP) is 4.71. The van der Waals surface area contributed by atoms with Crippen LogP contribution in [0.1, 0.15) is 43.5 Å². The smallest absolute Gasteiger partial charge is 0.320 e. The molecule has 2 aromatic carbocycles. The fourth-order valence-electron chi connectivity index (χ4n) is 4.59. The van der Waals surface area contributed by atoms with E-state index in [2.05, 4.69) is 79.6 Å². The molecule has 0 spiro atoms. The molecule has 1 aromatic heterocycles. The Kier molecular flexibility index (Phi) is 7.57. The Bertz CT molecular complexity index is 1140. The summed E-state index contributed by atoms with van der Waals surface area (Å²) in [5, 5.41) is 11.2. The summed E-state index contributed by atoms with van der Waals surface area (Å²) in [5.74, 6) is 0.870. The van der Waals surface area contributed by atoms with Gasteiger partial charge in [-0.2, -0.15) is 5.10 Å². The van der Waals surface area contributed by atoms with Gasteiger partial charge in [0, 0.05) is 44.1 Å². The molecule has 0 bridgehead atoms. The van der Waals surface area contributed by atoms with Gasteiger partial charge in [-0.3, -0.25) is 10.2 Å².